The van der Waals surface area contributed by atoms with Crippen LogP contribution in [0.15, 0.2) is 6.07 Å². The molecule has 1 aromatic heterocycles. The Kier molecular flexibility index (Phi) is 5.94. The fourth-order valence-electron chi connectivity index (χ4n) is 1.64. The molecule has 0 aliphatic heterocycles. The lowest BCUT2D eigenvalue weighted by Gasteiger charge is -2.22. The molecule has 0 saturated carbocycles. The molecule has 0 aromatic carbocycles. The third-order valence-corrected chi connectivity index (χ3v) is 2.63. The van der Waals surface area contributed by atoms with Gasteiger partial charge < -0.3 is 20.2 Å². The first-order valence-electron chi connectivity index (χ1n) is 6.21. The summed E-state index contributed by atoms with van der Waals surface area (Å²) in [5.74, 6) is 7.58. The average molecular weight is 269 g/mol. The van der Waals surface area contributed by atoms with Crippen molar-refractivity contribution in [1.29, 1.82) is 0 Å². The number of hydrogen-bond acceptors (Lipinski definition) is 7. The zero-order chi connectivity index (χ0) is 14.4. The van der Waals surface area contributed by atoms with Gasteiger partial charge in [-0.05, 0) is 0 Å². The van der Waals surface area contributed by atoms with Crippen LogP contribution in [0.2, 0.25) is 0 Å². The van der Waals surface area contributed by atoms with Crippen LogP contribution >= 0.6 is 0 Å². The summed E-state index contributed by atoms with van der Waals surface area (Å²) in [5, 5.41) is 9.74. The van der Waals surface area contributed by atoms with Gasteiger partial charge in [0.05, 0.1) is 12.7 Å². The number of nitrogens with zero attached hydrogens (tertiary/aromatic N) is 3. The number of aliphatic hydroxyl groups excluding tert-OH is 1. The van der Waals surface area contributed by atoms with Crippen LogP contribution in [-0.4, -0.2) is 48.5 Å². The van der Waals surface area contributed by atoms with E-state index in [0.29, 0.717) is 24.0 Å². The van der Waals surface area contributed by atoms with Crippen molar-refractivity contribution in [2.24, 2.45) is 5.84 Å². The molecule has 1 rings (SSSR count). The minimum atomic E-state index is -0.568. The number of nitrogens with one attached hydrogen (secondary N) is 1. The molecule has 0 fully saturated rings. The molecule has 7 heteroatoms. The van der Waals surface area contributed by atoms with Gasteiger partial charge in [0.2, 0.25) is 0 Å². The molecule has 0 aliphatic rings. The summed E-state index contributed by atoms with van der Waals surface area (Å²) in [5.41, 5.74) is 2.53. The maximum absolute atomic E-state index is 9.74. The highest BCUT2D eigenvalue weighted by molar-refractivity contribution is 5.48. The molecule has 108 valence electrons. The number of ether oxygens (including phenoxy) is 1. The number of nitrogen functional groups attached to an aromatic ring is 1. The fourth-order valence-corrected chi connectivity index (χ4v) is 1.64. The van der Waals surface area contributed by atoms with E-state index in [9.17, 15) is 5.11 Å². The highest BCUT2D eigenvalue weighted by Crippen LogP contribution is 2.18. The summed E-state index contributed by atoms with van der Waals surface area (Å²) in [7, 11) is 3.41. The van der Waals surface area contributed by atoms with Crippen LogP contribution in [0.1, 0.15) is 25.6 Å². The van der Waals surface area contributed by atoms with Crippen LogP contribution in [0.4, 0.5) is 11.6 Å². The number of hydrogen-bond donors (Lipinski definition) is 3. The Morgan fingerprint density at radius 2 is 2.16 bits per heavy atom. The number of aromatic nitrogens is 2. The van der Waals surface area contributed by atoms with E-state index in [-0.39, 0.29) is 12.5 Å². The smallest absolute Gasteiger partial charge is 0.145 e. The summed E-state index contributed by atoms with van der Waals surface area (Å²) in [6.07, 6.45) is -0.568. The topological polar surface area (TPSA) is 96.5 Å². The standard InChI is InChI=1S/C12H23N5O2/c1-8(2)12-14-10(16-13)5-11(15-12)17(3)6-9(18)7-19-4/h5,8-9,18H,6-7,13H2,1-4H3,(H,14,15,16). The first kappa shape index (κ1) is 15.6. The molecule has 1 aromatic rings. The Morgan fingerprint density at radius 1 is 1.47 bits per heavy atom. The lowest BCUT2D eigenvalue weighted by atomic mass is 10.2. The van der Waals surface area contributed by atoms with Crippen molar-refractivity contribution in [3.05, 3.63) is 11.9 Å². The molecule has 0 saturated heterocycles. The predicted octanol–water partition coefficient (Wildman–Crippen LogP) is 0.329. The number of hydrazine groups is 1. The van der Waals surface area contributed by atoms with E-state index in [1.54, 1.807) is 13.2 Å². The maximum atomic E-state index is 9.74. The minimum absolute atomic E-state index is 0.198. The highest BCUT2D eigenvalue weighted by atomic mass is 16.5. The van der Waals surface area contributed by atoms with Gasteiger partial charge in [-0.1, -0.05) is 13.8 Å². The van der Waals surface area contributed by atoms with Gasteiger partial charge in [0.15, 0.2) is 0 Å². The van der Waals surface area contributed by atoms with Crippen molar-refractivity contribution in [2.75, 3.05) is 37.6 Å². The van der Waals surface area contributed by atoms with E-state index in [1.165, 1.54) is 0 Å². The molecule has 0 radical (unpaired) electrons. The molecule has 0 bridgehead atoms. The lowest BCUT2D eigenvalue weighted by Crippen LogP contribution is -2.32. The number of likely N-dealkylation sites (N-methyl/N-ethyl adjacent to an activating group) is 1. The number of aliphatic hydroxyl groups is 1. The minimum Gasteiger partial charge on any atom is -0.389 e. The van der Waals surface area contributed by atoms with Crippen LogP contribution in [0.3, 0.4) is 0 Å². The van der Waals surface area contributed by atoms with Gasteiger partial charge in [-0.25, -0.2) is 15.8 Å². The van der Waals surface area contributed by atoms with Crippen molar-refractivity contribution in [3.8, 4) is 0 Å². The molecule has 1 unspecified atom stereocenters. The number of rotatable bonds is 7. The van der Waals surface area contributed by atoms with Crippen LogP contribution in [0.5, 0.6) is 0 Å². The Morgan fingerprint density at radius 3 is 2.68 bits per heavy atom. The van der Waals surface area contributed by atoms with Crippen molar-refractivity contribution >= 4 is 11.6 Å². The molecule has 19 heavy (non-hydrogen) atoms. The van der Waals surface area contributed by atoms with E-state index in [1.807, 2.05) is 25.8 Å². The third kappa shape index (κ3) is 4.62. The number of nitrogens with two attached hydrogens (primary N) is 1. The Bertz CT molecular complexity index is 400. The van der Waals surface area contributed by atoms with Crippen LogP contribution in [0, 0.1) is 0 Å². The second-order valence-corrected chi connectivity index (χ2v) is 4.76. The van der Waals surface area contributed by atoms with Gasteiger partial charge in [0.25, 0.3) is 0 Å². The first-order chi connectivity index (χ1) is 8.97. The van der Waals surface area contributed by atoms with Gasteiger partial charge in [-0.15, -0.1) is 0 Å². The fraction of sp³-hybridized carbons (Fsp3) is 0.667. The van der Waals surface area contributed by atoms with Crippen LogP contribution in [0.25, 0.3) is 0 Å². The Labute approximate surface area is 113 Å². The van der Waals surface area contributed by atoms with Gasteiger partial charge in [0.1, 0.15) is 17.5 Å². The van der Waals surface area contributed by atoms with Crippen molar-refractivity contribution < 1.29 is 9.84 Å². The third-order valence-electron chi connectivity index (χ3n) is 2.63. The second-order valence-electron chi connectivity index (χ2n) is 4.76. The van der Waals surface area contributed by atoms with Crippen molar-refractivity contribution in [2.45, 2.75) is 25.9 Å². The molecule has 0 aliphatic carbocycles. The average Bonchev–Trinajstić information content (AvgIpc) is 2.38. The summed E-state index contributed by atoms with van der Waals surface area (Å²) < 4.78 is 4.91. The molecule has 0 amide bonds. The van der Waals surface area contributed by atoms with Gasteiger partial charge in [-0.2, -0.15) is 0 Å². The molecule has 4 N–H and O–H groups in total. The highest BCUT2D eigenvalue weighted by Gasteiger charge is 2.13. The Balaban J connectivity index is 2.89. The zero-order valence-corrected chi connectivity index (χ0v) is 11.9. The van der Waals surface area contributed by atoms with E-state index >= 15 is 0 Å². The van der Waals surface area contributed by atoms with Gasteiger partial charge in [-0.3, -0.25) is 0 Å². The summed E-state index contributed by atoms with van der Waals surface area (Å²) in [4.78, 5) is 10.6. The second kappa shape index (κ2) is 7.22. The van der Waals surface area contributed by atoms with Crippen LogP contribution < -0.4 is 16.2 Å². The maximum Gasteiger partial charge on any atom is 0.145 e. The molecular weight excluding hydrogens is 246 g/mol. The van der Waals surface area contributed by atoms with Gasteiger partial charge >= 0.3 is 0 Å². The van der Waals surface area contributed by atoms with Crippen molar-refractivity contribution in [1.82, 2.24) is 9.97 Å². The lowest BCUT2D eigenvalue weighted by molar-refractivity contribution is 0.0694. The summed E-state index contributed by atoms with van der Waals surface area (Å²) >= 11 is 0. The van der Waals surface area contributed by atoms with E-state index < -0.39 is 6.10 Å². The first-order valence-corrected chi connectivity index (χ1v) is 6.21. The van der Waals surface area contributed by atoms with Crippen LogP contribution in [-0.2, 0) is 4.74 Å². The predicted molar refractivity (Wildman–Crippen MR) is 75.1 cm³/mol. The van der Waals surface area contributed by atoms with E-state index in [0.717, 1.165) is 0 Å². The summed E-state index contributed by atoms with van der Waals surface area (Å²) in [6, 6.07) is 1.74. The molecule has 7 nitrogen and oxygen atoms in total. The summed E-state index contributed by atoms with van der Waals surface area (Å²) in [6.45, 7) is 4.74. The molecule has 0 spiro atoms. The number of methoxy groups -OCH3 is 1. The quantitative estimate of drug-likeness (QED) is 0.485. The van der Waals surface area contributed by atoms with E-state index in [4.69, 9.17) is 10.6 Å². The van der Waals surface area contributed by atoms with Gasteiger partial charge in [0, 0.05) is 32.7 Å². The number of anilines is 2. The monoisotopic (exact) mass is 269 g/mol. The van der Waals surface area contributed by atoms with Crippen molar-refractivity contribution in [3.63, 3.8) is 0 Å². The van der Waals surface area contributed by atoms with E-state index in [2.05, 4.69) is 15.4 Å². The largest absolute Gasteiger partial charge is 0.389 e. The molecule has 1 atom stereocenters. The zero-order valence-electron chi connectivity index (χ0n) is 11.9. The molecule has 1 heterocycles. The Hall–Kier alpha value is -1.44. The normalized spacial score (nSPS) is 12.6. The molecular formula is C12H23N5O2. The SMILES string of the molecule is COCC(O)CN(C)c1cc(NN)nc(C(C)C)n1.